The second-order valence-electron chi connectivity index (χ2n) is 6.17. The maximum atomic E-state index is 6.43. The van der Waals surface area contributed by atoms with Crippen molar-refractivity contribution in [2.75, 3.05) is 0 Å². The van der Waals surface area contributed by atoms with E-state index in [1.165, 1.54) is 0 Å². The van der Waals surface area contributed by atoms with Gasteiger partial charge in [0, 0.05) is 11.8 Å². The molecule has 19 heavy (non-hydrogen) atoms. The number of rotatable bonds is 0. The van der Waals surface area contributed by atoms with Crippen LogP contribution in [0.4, 0.5) is 0 Å². The monoisotopic (exact) mass is 336 g/mol. The summed E-state index contributed by atoms with van der Waals surface area (Å²) in [6, 6.07) is 0. The Balaban J connectivity index is 2.02. The second kappa shape index (κ2) is 3.56. The van der Waals surface area contributed by atoms with E-state index in [1.54, 1.807) is 0 Å². The van der Waals surface area contributed by atoms with Crippen LogP contribution in [0.3, 0.4) is 0 Å². The van der Waals surface area contributed by atoms with E-state index in [0.717, 1.165) is 24.0 Å². The molecule has 1 heterocycles. The molecule has 5 heteroatoms. The summed E-state index contributed by atoms with van der Waals surface area (Å²) < 4.78 is 6.11. The Kier molecular flexibility index (Phi) is 2.44. The van der Waals surface area contributed by atoms with Gasteiger partial charge in [-0.1, -0.05) is 46.4 Å². The highest BCUT2D eigenvalue weighted by molar-refractivity contribution is 6.52. The SMILES string of the molecule is CC1(C)OC12[C@@H]1CC[C@H]2c2c(Cl)c(Cl)c(Cl)c(Cl)c21. The molecule has 1 unspecified atom stereocenters. The molecule has 2 aliphatic carbocycles. The third-order valence-electron chi connectivity index (χ3n) is 5.14. The summed E-state index contributed by atoms with van der Waals surface area (Å²) in [4.78, 5) is 0. The van der Waals surface area contributed by atoms with Gasteiger partial charge in [0.2, 0.25) is 0 Å². The lowest BCUT2D eigenvalue weighted by atomic mass is 9.84. The Bertz CT molecular complexity index is 580. The minimum atomic E-state index is -0.142. The molecule has 3 atom stereocenters. The minimum absolute atomic E-state index is 0.122. The Hall–Kier alpha value is 0.340. The fourth-order valence-electron chi connectivity index (χ4n) is 4.45. The van der Waals surface area contributed by atoms with Gasteiger partial charge in [0.15, 0.2) is 0 Å². The van der Waals surface area contributed by atoms with Crippen LogP contribution in [-0.4, -0.2) is 11.2 Å². The number of epoxide rings is 1. The van der Waals surface area contributed by atoms with Crippen LogP contribution in [0, 0.1) is 0 Å². The molecule has 1 aliphatic heterocycles. The van der Waals surface area contributed by atoms with Gasteiger partial charge in [-0.3, -0.25) is 0 Å². The smallest absolute Gasteiger partial charge is 0.111 e. The largest absolute Gasteiger partial charge is 0.362 e. The van der Waals surface area contributed by atoms with Crippen LogP contribution in [0.1, 0.15) is 49.7 Å². The van der Waals surface area contributed by atoms with Crippen LogP contribution in [0.25, 0.3) is 0 Å². The molecule has 1 nitrogen and oxygen atoms in total. The van der Waals surface area contributed by atoms with Gasteiger partial charge in [0.25, 0.3) is 0 Å². The van der Waals surface area contributed by atoms with Gasteiger partial charge >= 0.3 is 0 Å². The molecule has 0 N–H and O–H groups in total. The van der Waals surface area contributed by atoms with Gasteiger partial charge in [0.1, 0.15) is 5.60 Å². The summed E-state index contributed by atoms with van der Waals surface area (Å²) in [6.45, 7) is 4.27. The van der Waals surface area contributed by atoms with Crippen molar-refractivity contribution in [2.24, 2.45) is 0 Å². The first-order valence-electron chi connectivity index (χ1n) is 6.39. The van der Waals surface area contributed by atoms with Crippen molar-refractivity contribution in [2.45, 2.75) is 49.7 Å². The average molecular weight is 338 g/mol. The van der Waals surface area contributed by atoms with Gasteiger partial charge in [-0.05, 0) is 37.8 Å². The predicted octanol–water partition coefficient (Wildman–Crippen LogP) is 5.82. The summed E-state index contributed by atoms with van der Waals surface area (Å²) in [5.74, 6) is 0.588. The molecule has 1 aromatic rings. The molecule has 4 rings (SSSR count). The maximum absolute atomic E-state index is 6.43. The van der Waals surface area contributed by atoms with Crippen molar-refractivity contribution in [3.63, 3.8) is 0 Å². The van der Waals surface area contributed by atoms with E-state index in [1.807, 2.05) is 0 Å². The molecule has 2 bridgehead atoms. The Morgan fingerprint density at radius 2 is 1.21 bits per heavy atom. The molecule has 1 saturated carbocycles. The normalized spacial score (nSPS) is 36.9. The number of ether oxygens (including phenoxy) is 1. The molecule has 1 aromatic carbocycles. The first-order valence-corrected chi connectivity index (χ1v) is 7.90. The van der Waals surface area contributed by atoms with Crippen molar-refractivity contribution in [1.29, 1.82) is 0 Å². The molecule has 0 radical (unpaired) electrons. The Morgan fingerprint density at radius 1 is 0.842 bits per heavy atom. The van der Waals surface area contributed by atoms with Gasteiger partial charge in [-0.2, -0.15) is 0 Å². The summed E-state index contributed by atoms with van der Waals surface area (Å²) >= 11 is 25.3. The van der Waals surface area contributed by atoms with Gasteiger partial charge in [-0.25, -0.2) is 0 Å². The summed E-state index contributed by atoms with van der Waals surface area (Å²) in [5, 5.41) is 1.86. The Morgan fingerprint density at radius 3 is 1.53 bits per heavy atom. The van der Waals surface area contributed by atoms with Crippen LogP contribution in [0.2, 0.25) is 20.1 Å². The fraction of sp³-hybridized carbons (Fsp3) is 0.571. The van der Waals surface area contributed by atoms with Crippen LogP contribution in [-0.2, 0) is 4.74 Å². The van der Waals surface area contributed by atoms with Gasteiger partial charge in [0.05, 0.1) is 25.7 Å². The minimum Gasteiger partial charge on any atom is -0.362 e. The fourth-order valence-corrected chi connectivity index (χ4v) is 5.59. The van der Waals surface area contributed by atoms with Crippen molar-refractivity contribution >= 4 is 46.4 Å². The lowest BCUT2D eigenvalue weighted by Gasteiger charge is -2.19. The zero-order valence-corrected chi connectivity index (χ0v) is 13.5. The highest BCUT2D eigenvalue weighted by Gasteiger charge is 2.77. The number of halogens is 4. The van der Waals surface area contributed by atoms with E-state index in [2.05, 4.69) is 13.8 Å². The van der Waals surface area contributed by atoms with Crippen molar-refractivity contribution in [3.8, 4) is 0 Å². The summed E-state index contributed by atoms with van der Waals surface area (Å²) in [6.07, 6.45) is 2.16. The highest BCUT2D eigenvalue weighted by atomic mass is 35.5. The summed E-state index contributed by atoms with van der Waals surface area (Å²) in [7, 11) is 0. The topological polar surface area (TPSA) is 12.5 Å². The summed E-state index contributed by atoms with van der Waals surface area (Å²) in [5.41, 5.74) is 1.88. The van der Waals surface area contributed by atoms with Gasteiger partial charge in [-0.15, -0.1) is 0 Å². The third-order valence-corrected chi connectivity index (χ3v) is 6.97. The van der Waals surface area contributed by atoms with E-state index in [-0.39, 0.29) is 11.2 Å². The molecule has 1 saturated heterocycles. The predicted molar refractivity (Wildman–Crippen MR) is 79.1 cm³/mol. The first kappa shape index (κ1) is 13.0. The van der Waals surface area contributed by atoms with E-state index < -0.39 is 0 Å². The van der Waals surface area contributed by atoms with Crippen molar-refractivity contribution in [3.05, 3.63) is 31.2 Å². The van der Waals surface area contributed by atoms with E-state index in [9.17, 15) is 0 Å². The van der Waals surface area contributed by atoms with Gasteiger partial charge < -0.3 is 4.74 Å². The number of benzene rings is 1. The van der Waals surface area contributed by atoms with Crippen LogP contribution >= 0.6 is 46.4 Å². The van der Waals surface area contributed by atoms with Crippen LogP contribution in [0.5, 0.6) is 0 Å². The molecular weight excluding hydrogens is 326 g/mol. The van der Waals surface area contributed by atoms with Crippen LogP contribution < -0.4 is 0 Å². The lowest BCUT2D eigenvalue weighted by molar-refractivity contribution is 0.260. The highest BCUT2D eigenvalue weighted by Crippen LogP contribution is 2.76. The first-order chi connectivity index (χ1) is 8.83. The van der Waals surface area contributed by atoms with Crippen LogP contribution in [0.15, 0.2) is 0 Å². The molecule has 0 amide bonds. The standard InChI is InChI=1S/C14H12Cl4O/c1-13(2)14(19-13)5-3-4-6(14)8-7(5)9(15)11(17)12(18)10(8)16/h5-6H,3-4H2,1-2H3/t5-,6+,14?. The van der Waals surface area contributed by atoms with Crippen molar-refractivity contribution < 1.29 is 4.74 Å². The zero-order chi connectivity index (χ0) is 13.7. The maximum Gasteiger partial charge on any atom is 0.111 e. The van der Waals surface area contributed by atoms with E-state index in [4.69, 9.17) is 51.1 Å². The van der Waals surface area contributed by atoms with E-state index >= 15 is 0 Å². The second-order valence-corrected chi connectivity index (χ2v) is 7.68. The average Bonchev–Trinajstić information content (AvgIpc) is 2.67. The molecule has 0 aromatic heterocycles. The Labute approximate surface area is 132 Å². The molecular formula is C14H12Cl4O. The molecule has 2 fully saturated rings. The number of fused-ring (bicyclic) bond motifs is 3. The number of hydrogen-bond acceptors (Lipinski definition) is 1. The molecule has 1 spiro atoms. The number of hydrogen-bond donors (Lipinski definition) is 0. The molecule has 3 aliphatic rings. The third kappa shape index (κ3) is 1.26. The lowest BCUT2D eigenvalue weighted by Crippen LogP contribution is -2.23. The van der Waals surface area contributed by atoms with E-state index in [0.29, 0.717) is 31.9 Å². The quantitative estimate of drug-likeness (QED) is 0.330. The van der Waals surface area contributed by atoms with Crippen molar-refractivity contribution in [1.82, 2.24) is 0 Å². The zero-order valence-electron chi connectivity index (χ0n) is 10.5. The molecule has 102 valence electrons.